The van der Waals surface area contributed by atoms with Gasteiger partial charge in [0, 0.05) is 18.5 Å². The average Bonchev–Trinajstić information content (AvgIpc) is 2.83. The molecule has 0 amide bonds. The molecular weight excluding hydrogens is 231 g/mol. The summed E-state index contributed by atoms with van der Waals surface area (Å²) in [5.41, 5.74) is 0.718. The molecule has 0 aliphatic carbocycles. The minimum absolute atomic E-state index is 0.268. The number of halogens is 1. The third kappa shape index (κ3) is 3.40. The smallest absolute Gasteiger partial charge is 0.196 e. The van der Waals surface area contributed by atoms with E-state index in [1.807, 2.05) is 6.07 Å². The number of nitrogens with one attached hydrogen (secondary N) is 1. The highest BCUT2D eigenvalue weighted by atomic mass is 19.1. The van der Waals surface area contributed by atoms with Crippen molar-refractivity contribution in [2.75, 3.05) is 13.1 Å². The quantitative estimate of drug-likeness (QED) is 0.798. The summed E-state index contributed by atoms with van der Waals surface area (Å²) in [6.45, 7) is 3.97. The standard InChI is InChI=1S/C14H17FN2O/c1-2-7-16-8-6-14-17-10-13(18-14)11-4-3-5-12(15)9-11/h3-5,9-10,16H,2,6-8H2,1H3. The van der Waals surface area contributed by atoms with Gasteiger partial charge in [0.15, 0.2) is 11.7 Å². The van der Waals surface area contributed by atoms with Crippen LogP contribution in [0, 0.1) is 5.82 Å². The number of rotatable bonds is 6. The molecule has 0 saturated carbocycles. The Morgan fingerprint density at radius 1 is 1.33 bits per heavy atom. The Bertz CT molecular complexity index is 496. The summed E-state index contributed by atoms with van der Waals surface area (Å²) in [6, 6.07) is 6.33. The first-order valence-electron chi connectivity index (χ1n) is 6.21. The number of aromatic nitrogens is 1. The molecule has 1 aromatic heterocycles. The molecule has 18 heavy (non-hydrogen) atoms. The van der Waals surface area contributed by atoms with Crippen molar-refractivity contribution in [3.8, 4) is 11.3 Å². The fourth-order valence-corrected chi connectivity index (χ4v) is 1.70. The summed E-state index contributed by atoms with van der Waals surface area (Å²) in [6.07, 6.45) is 3.50. The molecule has 0 saturated heterocycles. The third-order valence-corrected chi connectivity index (χ3v) is 2.61. The zero-order valence-corrected chi connectivity index (χ0v) is 10.4. The number of hydrogen-bond acceptors (Lipinski definition) is 3. The number of oxazole rings is 1. The van der Waals surface area contributed by atoms with E-state index in [-0.39, 0.29) is 5.82 Å². The average molecular weight is 248 g/mol. The van der Waals surface area contributed by atoms with Gasteiger partial charge in [-0.1, -0.05) is 19.1 Å². The van der Waals surface area contributed by atoms with Crippen molar-refractivity contribution >= 4 is 0 Å². The van der Waals surface area contributed by atoms with Crippen molar-refractivity contribution in [2.24, 2.45) is 0 Å². The minimum atomic E-state index is -0.268. The molecule has 0 fully saturated rings. The fourth-order valence-electron chi connectivity index (χ4n) is 1.70. The van der Waals surface area contributed by atoms with Crippen LogP contribution < -0.4 is 5.32 Å². The van der Waals surface area contributed by atoms with E-state index in [1.165, 1.54) is 12.1 Å². The highest BCUT2D eigenvalue weighted by Crippen LogP contribution is 2.20. The molecule has 3 nitrogen and oxygen atoms in total. The Morgan fingerprint density at radius 2 is 2.22 bits per heavy atom. The van der Waals surface area contributed by atoms with Gasteiger partial charge in [-0.2, -0.15) is 0 Å². The van der Waals surface area contributed by atoms with Crippen LogP contribution in [0.25, 0.3) is 11.3 Å². The van der Waals surface area contributed by atoms with E-state index in [2.05, 4.69) is 17.2 Å². The normalized spacial score (nSPS) is 10.8. The topological polar surface area (TPSA) is 38.1 Å². The molecule has 1 aromatic carbocycles. The molecule has 4 heteroatoms. The van der Waals surface area contributed by atoms with Crippen molar-refractivity contribution in [3.63, 3.8) is 0 Å². The van der Waals surface area contributed by atoms with Crippen molar-refractivity contribution < 1.29 is 8.81 Å². The van der Waals surface area contributed by atoms with Crippen LogP contribution in [0.5, 0.6) is 0 Å². The van der Waals surface area contributed by atoms with Gasteiger partial charge in [0.2, 0.25) is 0 Å². The van der Waals surface area contributed by atoms with E-state index >= 15 is 0 Å². The van der Waals surface area contributed by atoms with Gasteiger partial charge in [-0.3, -0.25) is 0 Å². The Kier molecular flexibility index (Phi) is 4.47. The predicted octanol–water partition coefficient (Wildman–Crippen LogP) is 3.02. The zero-order valence-electron chi connectivity index (χ0n) is 10.4. The first kappa shape index (κ1) is 12.8. The van der Waals surface area contributed by atoms with Crippen LogP contribution in [0.4, 0.5) is 4.39 Å². The van der Waals surface area contributed by atoms with E-state index in [9.17, 15) is 4.39 Å². The monoisotopic (exact) mass is 248 g/mol. The second-order valence-electron chi connectivity index (χ2n) is 4.13. The van der Waals surface area contributed by atoms with Gasteiger partial charge in [-0.25, -0.2) is 9.37 Å². The van der Waals surface area contributed by atoms with Crippen LogP contribution in [-0.2, 0) is 6.42 Å². The second kappa shape index (κ2) is 6.31. The van der Waals surface area contributed by atoms with Gasteiger partial charge in [0.25, 0.3) is 0 Å². The Balaban J connectivity index is 1.97. The lowest BCUT2D eigenvalue weighted by molar-refractivity contribution is 0.494. The summed E-state index contributed by atoms with van der Waals surface area (Å²) >= 11 is 0. The molecule has 0 aliphatic heterocycles. The van der Waals surface area contributed by atoms with Crippen molar-refractivity contribution in [2.45, 2.75) is 19.8 Å². The molecule has 1 heterocycles. The van der Waals surface area contributed by atoms with Crippen LogP contribution in [0.3, 0.4) is 0 Å². The summed E-state index contributed by atoms with van der Waals surface area (Å²) in [7, 11) is 0. The maximum absolute atomic E-state index is 13.1. The van der Waals surface area contributed by atoms with Crippen LogP contribution in [-0.4, -0.2) is 18.1 Å². The first-order chi connectivity index (χ1) is 8.79. The molecule has 2 rings (SSSR count). The van der Waals surface area contributed by atoms with E-state index in [0.29, 0.717) is 11.7 Å². The molecule has 0 unspecified atom stereocenters. The number of hydrogen-bond donors (Lipinski definition) is 1. The summed E-state index contributed by atoms with van der Waals surface area (Å²) in [5.74, 6) is 1.02. The lowest BCUT2D eigenvalue weighted by atomic mass is 10.2. The van der Waals surface area contributed by atoms with E-state index in [4.69, 9.17) is 4.42 Å². The molecule has 0 aliphatic rings. The molecule has 0 spiro atoms. The van der Waals surface area contributed by atoms with Gasteiger partial charge in [-0.15, -0.1) is 0 Å². The maximum Gasteiger partial charge on any atom is 0.196 e. The lowest BCUT2D eigenvalue weighted by Crippen LogP contribution is -2.17. The van der Waals surface area contributed by atoms with Crippen LogP contribution in [0.1, 0.15) is 19.2 Å². The highest BCUT2D eigenvalue weighted by molar-refractivity contribution is 5.56. The molecule has 1 N–H and O–H groups in total. The number of benzene rings is 1. The molecule has 2 aromatic rings. The van der Waals surface area contributed by atoms with Gasteiger partial charge in [0.05, 0.1) is 6.20 Å². The first-order valence-corrected chi connectivity index (χ1v) is 6.21. The van der Waals surface area contributed by atoms with Crippen molar-refractivity contribution in [1.82, 2.24) is 10.3 Å². The minimum Gasteiger partial charge on any atom is -0.441 e. The van der Waals surface area contributed by atoms with Gasteiger partial charge < -0.3 is 9.73 Å². The van der Waals surface area contributed by atoms with Gasteiger partial charge in [0.1, 0.15) is 5.82 Å². The Morgan fingerprint density at radius 3 is 3.00 bits per heavy atom. The molecule has 0 bridgehead atoms. The summed E-state index contributed by atoms with van der Waals surface area (Å²) in [4.78, 5) is 4.19. The molecule has 0 radical (unpaired) electrons. The summed E-state index contributed by atoms with van der Waals surface area (Å²) in [5, 5.41) is 3.28. The molecule has 96 valence electrons. The Labute approximate surface area is 106 Å². The van der Waals surface area contributed by atoms with Crippen molar-refractivity contribution in [1.29, 1.82) is 0 Å². The van der Waals surface area contributed by atoms with Crippen molar-refractivity contribution in [3.05, 3.63) is 42.2 Å². The highest BCUT2D eigenvalue weighted by Gasteiger charge is 2.06. The predicted molar refractivity (Wildman–Crippen MR) is 68.8 cm³/mol. The molecule has 0 atom stereocenters. The third-order valence-electron chi connectivity index (χ3n) is 2.61. The van der Waals surface area contributed by atoms with Gasteiger partial charge in [-0.05, 0) is 25.1 Å². The van der Waals surface area contributed by atoms with Crippen LogP contribution in [0.2, 0.25) is 0 Å². The molecular formula is C14H17FN2O. The zero-order chi connectivity index (χ0) is 12.8. The summed E-state index contributed by atoms with van der Waals surface area (Å²) < 4.78 is 18.7. The lowest BCUT2D eigenvalue weighted by Gasteiger charge is -1.99. The fraction of sp³-hybridized carbons (Fsp3) is 0.357. The number of nitrogens with zero attached hydrogens (tertiary/aromatic N) is 1. The SMILES string of the molecule is CCCNCCc1ncc(-c2cccc(F)c2)o1. The van der Waals surface area contributed by atoms with Crippen LogP contribution in [0.15, 0.2) is 34.9 Å². The second-order valence-corrected chi connectivity index (χ2v) is 4.13. The van der Waals surface area contributed by atoms with Gasteiger partial charge >= 0.3 is 0 Å². The maximum atomic E-state index is 13.1. The van der Waals surface area contributed by atoms with E-state index in [0.717, 1.165) is 31.5 Å². The largest absolute Gasteiger partial charge is 0.441 e. The Hall–Kier alpha value is -1.68. The van der Waals surface area contributed by atoms with E-state index < -0.39 is 0 Å². The van der Waals surface area contributed by atoms with E-state index in [1.54, 1.807) is 12.3 Å². The van der Waals surface area contributed by atoms with Crippen LogP contribution >= 0.6 is 0 Å².